The number of rotatable bonds is 9. The summed E-state index contributed by atoms with van der Waals surface area (Å²) < 4.78 is 81.9. The minimum absolute atomic E-state index is 0.0591. The Bertz CT molecular complexity index is 1380. The summed E-state index contributed by atoms with van der Waals surface area (Å²) in [4.78, 5) is 32.4. The molecule has 5 rings (SSSR count). The number of benzene rings is 2. The van der Waals surface area contributed by atoms with Crippen LogP contribution in [0.15, 0.2) is 48.5 Å². The predicted molar refractivity (Wildman–Crippen MR) is 165 cm³/mol. The molecule has 3 atom stereocenters. The van der Waals surface area contributed by atoms with Crippen LogP contribution in [0.25, 0.3) is 0 Å². The summed E-state index contributed by atoms with van der Waals surface area (Å²) in [6.45, 7) is 6.30. The third-order valence-corrected chi connectivity index (χ3v) is 9.82. The van der Waals surface area contributed by atoms with Crippen LogP contribution < -0.4 is 5.32 Å². The molecule has 0 aromatic heterocycles. The SMILES string of the molecule is C[C@@H](OC[C@@]1(c2ccccc2)CC[C@]2(CCC(=O)N2)CN1C(=O)OCCN1CCN(C)CC1)c1cc(C(C)(F)F)cc(C(F)(F)F)c1. The number of alkyl halides is 5. The van der Waals surface area contributed by atoms with Gasteiger partial charge in [-0.2, -0.15) is 13.2 Å². The summed E-state index contributed by atoms with van der Waals surface area (Å²) in [7, 11) is 2.06. The molecule has 0 radical (unpaired) electrons. The van der Waals surface area contributed by atoms with E-state index in [-0.39, 0.29) is 31.2 Å². The van der Waals surface area contributed by atoms with Gasteiger partial charge >= 0.3 is 12.3 Å². The molecule has 0 saturated carbocycles. The first kappa shape index (κ1) is 35.0. The Labute approximate surface area is 272 Å². The van der Waals surface area contributed by atoms with E-state index >= 15 is 0 Å². The molecule has 13 heteroatoms. The zero-order chi connectivity index (χ0) is 34.0. The predicted octanol–water partition coefficient (Wildman–Crippen LogP) is 5.92. The Kier molecular flexibility index (Phi) is 10.2. The lowest BCUT2D eigenvalue weighted by atomic mass is 9.74. The van der Waals surface area contributed by atoms with Gasteiger partial charge in [-0.3, -0.25) is 14.6 Å². The average Bonchev–Trinajstić information content (AvgIpc) is 3.40. The molecule has 1 N–H and O–H groups in total. The van der Waals surface area contributed by atoms with E-state index in [2.05, 4.69) is 22.2 Å². The molecule has 1 spiro atoms. The van der Waals surface area contributed by atoms with Crippen molar-refractivity contribution in [3.8, 4) is 0 Å². The van der Waals surface area contributed by atoms with Gasteiger partial charge in [0.25, 0.3) is 5.92 Å². The van der Waals surface area contributed by atoms with Crippen LogP contribution in [0.5, 0.6) is 0 Å². The molecular formula is C34H43F5N4O4. The number of carbonyl (C=O) groups excluding carboxylic acids is 2. The lowest BCUT2D eigenvalue weighted by molar-refractivity contribution is -0.138. The molecule has 258 valence electrons. The van der Waals surface area contributed by atoms with Gasteiger partial charge in [0.15, 0.2) is 0 Å². The van der Waals surface area contributed by atoms with E-state index < -0.39 is 46.5 Å². The minimum atomic E-state index is -4.84. The average molecular weight is 667 g/mol. The Hall–Kier alpha value is -3.29. The molecule has 3 aliphatic rings. The second-order valence-corrected chi connectivity index (χ2v) is 13.3. The largest absolute Gasteiger partial charge is 0.448 e. The van der Waals surface area contributed by atoms with Gasteiger partial charge in [0.1, 0.15) is 6.61 Å². The lowest BCUT2D eigenvalue weighted by Crippen LogP contribution is -2.65. The van der Waals surface area contributed by atoms with E-state index in [1.165, 1.54) is 6.92 Å². The molecule has 2 aromatic carbocycles. The standard InChI is InChI=1S/C34H43F5N4O4/c1-24(25-19-27(31(2,35)36)21-28(20-25)34(37,38)39)47-23-33(26-7-5-4-6-8-26)12-11-32(10-9-29(44)40-32)22-43(33)30(45)46-18-17-42-15-13-41(3)14-16-42/h4-8,19-21,24H,9-18,22-23H2,1-3H3,(H,40,44)/t24-,32-,33-/m1/s1. The highest BCUT2D eigenvalue weighted by Crippen LogP contribution is 2.45. The first-order valence-corrected chi connectivity index (χ1v) is 16.0. The van der Waals surface area contributed by atoms with Crippen molar-refractivity contribution in [2.45, 2.75) is 68.8 Å². The maximum atomic E-state index is 14.3. The number of hydrogen-bond acceptors (Lipinski definition) is 6. The topological polar surface area (TPSA) is 74.3 Å². The van der Waals surface area contributed by atoms with Crippen LogP contribution in [0.1, 0.15) is 67.9 Å². The van der Waals surface area contributed by atoms with Crippen LogP contribution in [0.2, 0.25) is 0 Å². The van der Waals surface area contributed by atoms with Gasteiger partial charge in [-0.1, -0.05) is 30.3 Å². The van der Waals surface area contributed by atoms with E-state index in [1.807, 2.05) is 30.3 Å². The van der Waals surface area contributed by atoms with E-state index in [0.717, 1.165) is 43.9 Å². The van der Waals surface area contributed by atoms with Crippen molar-refractivity contribution in [2.24, 2.45) is 0 Å². The first-order chi connectivity index (χ1) is 22.1. The summed E-state index contributed by atoms with van der Waals surface area (Å²) in [6.07, 6.45) is -4.71. The maximum absolute atomic E-state index is 14.3. The Balaban J connectivity index is 1.43. The Morgan fingerprint density at radius 2 is 1.66 bits per heavy atom. The molecule has 3 saturated heterocycles. The Morgan fingerprint density at radius 3 is 2.28 bits per heavy atom. The van der Waals surface area contributed by atoms with Gasteiger partial charge in [0.2, 0.25) is 5.91 Å². The van der Waals surface area contributed by atoms with Crippen molar-refractivity contribution in [3.63, 3.8) is 0 Å². The highest BCUT2D eigenvalue weighted by atomic mass is 19.4. The van der Waals surface area contributed by atoms with Crippen molar-refractivity contribution in [1.82, 2.24) is 20.0 Å². The quantitative estimate of drug-likeness (QED) is 0.335. The van der Waals surface area contributed by atoms with Crippen molar-refractivity contribution < 1.29 is 41.0 Å². The number of hydrogen-bond donors (Lipinski definition) is 1. The molecule has 3 fully saturated rings. The number of piperazine rings is 1. The number of likely N-dealkylation sites (N-methyl/N-ethyl adjacent to an activating group) is 1. The summed E-state index contributed by atoms with van der Waals surface area (Å²) >= 11 is 0. The van der Waals surface area contributed by atoms with Crippen LogP contribution in [0, 0.1) is 0 Å². The molecule has 0 unspecified atom stereocenters. The maximum Gasteiger partial charge on any atom is 0.416 e. The highest BCUT2D eigenvalue weighted by Gasteiger charge is 2.54. The van der Waals surface area contributed by atoms with E-state index in [9.17, 15) is 31.5 Å². The number of piperidine rings is 1. The van der Waals surface area contributed by atoms with Gasteiger partial charge in [-0.15, -0.1) is 0 Å². The van der Waals surface area contributed by atoms with Gasteiger partial charge in [-0.25, -0.2) is 13.6 Å². The second kappa shape index (κ2) is 13.7. The van der Waals surface area contributed by atoms with Gasteiger partial charge in [0.05, 0.1) is 29.4 Å². The van der Waals surface area contributed by atoms with Crippen LogP contribution >= 0.6 is 0 Å². The number of amides is 2. The minimum Gasteiger partial charge on any atom is -0.448 e. The zero-order valence-electron chi connectivity index (χ0n) is 27.0. The van der Waals surface area contributed by atoms with Crippen molar-refractivity contribution in [3.05, 3.63) is 70.8 Å². The van der Waals surface area contributed by atoms with E-state index in [1.54, 1.807) is 4.90 Å². The van der Waals surface area contributed by atoms with Crippen LogP contribution in [-0.2, 0) is 31.9 Å². The molecule has 3 heterocycles. The second-order valence-electron chi connectivity index (χ2n) is 13.3. The lowest BCUT2D eigenvalue weighted by Gasteiger charge is -2.52. The monoisotopic (exact) mass is 666 g/mol. The van der Waals surface area contributed by atoms with Crippen LogP contribution in [-0.4, -0.2) is 91.8 Å². The molecule has 2 amide bonds. The molecule has 47 heavy (non-hydrogen) atoms. The summed E-state index contributed by atoms with van der Waals surface area (Å²) in [5.74, 6) is -3.60. The fraction of sp³-hybridized carbons (Fsp3) is 0.588. The summed E-state index contributed by atoms with van der Waals surface area (Å²) in [6, 6.07) is 11.5. The third-order valence-electron chi connectivity index (χ3n) is 9.82. The number of likely N-dealkylation sites (tertiary alicyclic amines) is 1. The molecule has 8 nitrogen and oxygen atoms in total. The number of carbonyl (C=O) groups is 2. The molecular weight excluding hydrogens is 623 g/mol. The first-order valence-electron chi connectivity index (χ1n) is 16.0. The summed E-state index contributed by atoms with van der Waals surface area (Å²) in [5, 5.41) is 3.07. The molecule has 2 aromatic rings. The van der Waals surface area contributed by atoms with Crippen molar-refractivity contribution in [1.29, 1.82) is 0 Å². The third kappa shape index (κ3) is 8.06. The zero-order valence-corrected chi connectivity index (χ0v) is 27.0. The van der Waals surface area contributed by atoms with Crippen molar-refractivity contribution in [2.75, 3.05) is 59.5 Å². The van der Waals surface area contributed by atoms with Crippen LogP contribution in [0.4, 0.5) is 26.7 Å². The molecule has 0 aliphatic carbocycles. The normalized spacial score (nSPS) is 25.2. The number of ether oxygens (including phenoxy) is 2. The van der Waals surface area contributed by atoms with E-state index in [4.69, 9.17) is 9.47 Å². The fourth-order valence-electron chi connectivity index (χ4n) is 6.79. The highest BCUT2D eigenvalue weighted by molar-refractivity contribution is 5.80. The van der Waals surface area contributed by atoms with Gasteiger partial charge in [-0.05, 0) is 62.6 Å². The van der Waals surface area contributed by atoms with Gasteiger partial charge in [0, 0.05) is 58.2 Å². The van der Waals surface area contributed by atoms with Crippen molar-refractivity contribution >= 4 is 12.0 Å². The fourth-order valence-corrected chi connectivity index (χ4v) is 6.79. The number of nitrogens with one attached hydrogen (secondary N) is 1. The Morgan fingerprint density at radius 1 is 0.979 bits per heavy atom. The molecule has 0 bridgehead atoms. The number of halogens is 5. The summed E-state index contributed by atoms with van der Waals surface area (Å²) in [5.41, 5.74) is -3.05. The smallest absolute Gasteiger partial charge is 0.416 e. The van der Waals surface area contributed by atoms with E-state index in [0.29, 0.717) is 45.2 Å². The van der Waals surface area contributed by atoms with Crippen LogP contribution in [0.3, 0.4) is 0 Å². The number of nitrogens with zero attached hydrogens (tertiary/aromatic N) is 3. The molecule has 3 aliphatic heterocycles. The van der Waals surface area contributed by atoms with Gasteiger partial charge < -0.3 is 19.7 Å².